The summed E-state index contributed by atoms with van der Waals surface area (Å²) in [6.45, 7) is 1.99. The second-order valence-electron chi connectivity index (χ2n) is 4.56. The van der Waals surface area contributed by atoms with Crippen LogP contribution in [-0.2, 0) is 0 Å². The molecule has 2 nitrogen and oxygen atoms in total. The van der Waals surface area contributed by atoms with E-state index < -0.39 is 0 Å². The topological polar surface area (TPSA) is 25.2 Å². The maximum Gasteiger partial charge on any atom is 0.134 e. The van der Waals surface area contributed by atoms with Crippen LogP contribution in [0.4, 0.5) is 10.1 Å². The lowest BCUT2D eigenvalue weighted by Crippen LogP contribution is -2.05. The van der Waals surface area contributed by atoms with E-state index in [2.05, 4.69) is 5.32 Å². The molecule has 0 saturated heterocycles. The zero-order chi connectivity index (χ0) is 13.2. The molecular weight excluding hydrogens is 241 g/mol. The first-order valence-electron chi connectivity index (χ1n) is 6.23. The average molecular weight is 255 g/mol. The summed E-state index contributed by atoms with van der Waals surface area (Å²) >= 11 is 0. The number of benzene rings is 2. The second kappa shape index (κ2) is 4.76. The molecule has 1 heterocycles. The van der Waals surface area contributed by atoms with Crippen molar-refractivity contribution in [2.75, 3.05) is 5.32 Å². The molecule has 0 bridgehead atoms. The number of rotatable bonds is 3. The van der Waals surface area contributed by atoms with Crippen molar-refractivity contribution < 1.29 is 8.81 Å². The van der Waals surface area contributed by atoms with Crippen LogP contribution in [0.5, 0.6) is 0 Å². The molecule has 3 aromatic rings. The first-order chi connectivity index (χ1) is 9.22. The minimum absolute atomic E-state index is 0.0193. The van der Waals surface area contributed by atoms with Crippen LogP contribution in [0.3, 0.4) is 0 Å². The van der Waals surface area contributed by atoms with E-state index in [0.29, 0.717) is 0 Å². The molecule has 0 amide bonds. The maximum atomic E-state index is 13.1. The Morgan fingerprint density at radius 1 is 1.05 bits per heavy atom. The van der Waals surface area contributed by atoms with Gasteiger partial charge >= 0.3 is 0 Å². The zero-order valence-electron chi connectivity index (χ0n) is 10.6. The Bertz CT molecular complexity index is 672. The number of fused-ring (bicyclic) bond motifs is 1. The molecule has 2 aromatic carbocycles. The van der Waals surface area contributed by atoms with Gasteiger partial charge in [0.1, 0.15) is 17.2 Å². The van der Waals surface area contributed by atoms with Crippen LogP contribution in [0.15, 0.2) is 59.0 Å². The summed E-state index contributed by atoms with van der Waals surface area (Å²) < 4.78 is 18.9. The van der Waals surface area contributed by atoms with E-state index in [1.54, 1.807) is 6.07 Å². The Morgan fingerprint density at radius 2 is 1.89 bits per heavy atom. The second-order valence-corrected chi connectivity index (χ2v) is 4.56. The number of anilines is 1. The van der Waals surface area contributed by atoms with Gasteiger partial charge in [-0.25, -0.2) is 4.39 Å². The summed E-state index contributed by atoms with van der Waals surface area (Å²) in [5.41, 5.74) is 1.61. The molecule has 19 heavy (non-hydrogen) atoms. The smallest absolute Gasteiger partial charge is 0.134 e. The Hall–Kier alpha value is -2.29. The van der Waals surface area contributed by atoms with E-state index in [1.165, 1.54) is 12.1 Å². The van der Waals surface area contributed by atoms with Crippen LogP contribution in [0.25, 0.3) is 11.0 Å². The van der Waals surface area contributed by atoms with Crippen molar-refractivity contribution in [2.24, 2.45) is 0 Å². The third-order valence-corrected chi connectivity index (χ3v) is 3.08. The van der Waals surface area contributed by atoms with E-state index in [-0.39, 0.29) is 11.9 Å². The van der Waals surface area contributed by atoms with Gasteiger partial charge in [0.15, 0.2) is 0 Å². The van der Waals surface area contributed by atoms with E-state index in [9.17, 15) is 4.39 Å². The van der Waals surface area contributed by atoms with Crippen molar-refractivity contribution in [1.82, 2.24) is 0 Å². The van der Waals surface area contributed by atoms with E-state index in [0.717, 1.165) is 22.4 Å². The van der Waals surface area contributed by atoms with Gasteiger partial charge in [0.05, 0.1) is 6.04 Å². The number of hydrogen-bond acceptors (Lipinski definition) is 2. The van der Waals surface area contributed by atoms with Crippen molar-refractivity contribution in [3.63, 3.8) is 0 Å². The van der Waals surface area contributed by atoms with Gasteiger partial charge in [-0.15, -0.1) is 0 Å². The fourth-order valence-corrected chi connectivity index (χ4v) is 2.12. The summed E-state index contributed by atoms with van der Waals surface area (Å²) in [5, 5.41) is 4.30. The van der Waals surface area contributed by atoms with Crippen LogP contribution in [0.1, 0.15) is 18.7 Å². The molecule has 0 spiro atoms. The van der Waals surface area contributed by atoms with Gasteiger partial charge in [-0.3, -0.25) is 0 Å². The largest absolute Gasteiger partial charge is 0.459 e. The normalized spacial score (nSPS) is 12.5. The molecule has 0 saturated carbocycles. The van der Waals surface area contributed by atoms with Crippen molar-refractivity contribution in [1.29, 1.82) is 0 Å². The van der Waals surface area contributed by atoms with Crippen LogP contribution in [0, 0.1) is 5.82 Å². The van der Waals surface area contributed by atoms with Gasteiger partial charge in [-0.2, -0.15) is 0 Å². The summed E-state index contributed by atoms with van der Waals surface area (Å²) in [5.74, 6) is 0.590. The number of furan rings is 1. The first kappa shape index (κ1) is 11.8. The van der Waals surface area contributed by atoms with Crippen LogP contribution < -0.4 is 5.32 Å². The van der Waals surface area contributed by atoms with Gasteiger partial charge in [-0.1, -0.05) is 24.3 Å². The molecule has 0 fully saturated rings. The SMILES string of the molecule is CC(Nc1cccc(F)c1)c1cc2ccccc2o1. The van der Waals surface area contributed by atoms with Crippen LogP contribution >= 0.6 is 0 Å². The molecule has 1 unspecified atom stereocenters. The lowest BCUT2D eigenvalue weighted by atomic mass is 10.2. The maximum absolute atomic E-state index is 13.1. The zero-order valence-corrected chi connectivity index (χ0v) is 10.6. The number of nitrogens with one attached hydrogen (secondary N) is 1. The van der Waals surface area contributed by atoms with E-state index in [4.69, 9.17) is 4.42 Å². The highest BCUT2D eigenvalue weighted by atomic mass is 19.1. The summed E-state index contributed by atoms with van der Waals surface area (Å²) in [6.07, 6.45) is 0. The summed E-state index contributed by atoms with van der Waals surface area (Å²) in [4.78, 5) is 0. The van der Waals surface area contributed by atoms with Gasteiger partial charge in [-0.05, 0) is 37.3 Å². The average Bonchev–Trinajstić information content (AvgIpc) is 2.82. The fourth-order valence-electron chi connectivity index (χ4n) is 2.12. The summed E-state index contributed by atoms with van der Waals surface area (Å²) in [6, 6.07) is 16.3. The Kier molecular flexibility index (Phi) is 2.95. The molecular formula is C16H14FNO. The molecule has 0 aliphatic carbocycles. The Labute approximate surface area is 110 Å². The molecule has 1 aromatic heterocycles. The predicted octanol–water partition coefficient (Wildman–Crippen LogP) is 4.75. The van der Waals surface area contributed by atoms with Crippen molar-refractivity contribution >= 4 is 16.7 Å². The van der Waals surface area contributed by atoms with E-state index in [1.807, 2.05) is 43.3 Å². The van der Waals surface area contributed by atoms with Gasteiger partial charge in [0.2, 0.25) is 0 Å². The third-order valence-electron chi connectivity index (χ3n) is 3.08. The predicted molar refractivity (Wildman–Crippen MR) is 74.7 cm³/mol. The molecule has 1 atom stereocenters. The fraction of sp³-hybridized carbons (Fsp3) is 0.125. The van der Waals surface area contributed by atoms with Crippen LogP contribution in [0.2, 0.25) is 0 Å². The first-order valence-corrected chi connectivity index (χ1v) is 6.23. The van der Waals surface area contributed by atoms with Gasteiger partial charge < -0.3 is 9.73 Å². The minimum Gasteiger partial charge on any atom is -0.459 e. The molecule has 96 valence electrons. The molecule has 3 rings (SSSR count). The number of halogens is 1. The van der Waals surface area contributed by atoms with E-state index >= 15 is 0 Å². The number of hydrogen-bond donors (Lipinski definition) is 1. The Morgan fingerprint density at radius 3 is 2.68 bits per heavy atom. The molecule has 1 N–H and O–H groups in total. The van der Waals surface area contributed by atoms with Crippen molar-refractivity contribution in [3.05, 3.63) is 66.2 Å². The number of para-hydroxylation sites is 1. The van der Waals surface area contributed by atoms with Crippen LogP contribution in [-0.4, -0.2) is 0 Å². The minimum atomic E-state index is -0.248. The van der Waals surface area contributed by atoms with Crippen molar-refractivity contribution in [2.45, 2.75) is 13.0 Å². The quantitative estimate of drug-likeness (QED) is 0.731. The standard InChI is InChI=1S/C16H14FNO/c1-11(18-14-7-4-6-13(17)10-14)16-9-12-5-2-3-8-15(12)19-16/h2-11,18H,1H3. The van der Waals surface area contributed by atoms with Crippen molar-refractivity contribution in [3.8, 4) is 0 Å². The molecule has 0 aliphatic heterocycles. The highest BCUT2D eigenvalue weighted by Crippen LogP contribution is 2.26. The van der Waals surface area contributed by atoms with Gasteiger partial charge in [0.25, 0.3) is 0 Å². The van der Waals surface area contributed by atoms with Gasteiger partial charge in [0, 0.05) is 11.1 Å². The lowest BCUT2D eigenvalue weighted by Gasteiger charge is -2.12. The lowest BCUT2D eigenvalue weighted by molar-refractivity contribution is 0.526. The monoisotopic (exact) mass is 255 g/mol. The third kappa shape index (κ3) is 2.45. The summed E-state index contributed by atoms with van der Waals surface area (Å²) in [7, 11) is 0. The highest BCUT2D eigenvalue weighted by Gasteiger charge is 2.11. The molecule has 0 aliphatic rings. The highest BCUT2D eigenvalue weighted by molar-refractivity contribution is 5.77. The molecule has 3 heteroatoms. The Balaban J connectivity index is 1.85. The molecule has 0 radical (unpaired) electrons.